The summed E-state index contributed by atoms with van der Waals surface area (Å²) in [6.45, 7) is 5.43. The first kappa shape index (κ1) is 26.7. The van der Waals surface area contributed by atoms with Gasteiger partial charge in [0, 0.05) is 0 Å². The summed E-state index contributed by atoms with van der Waals surface area (Å²) < 4.78 is 34.8. The standard InChI is InChI=1S/C10H21O.C4H6O7S.K/c1-3-5-6-7-8-9-10-11-4-2;5-3(6)1-2(4(7)8)12(9,10)11;/h4H,3,5-10H2,1-2H3;2H,1H2,(H,5,6)(H,7,8)(H,9,10,11);. The van der Waals surface area contributed by atoms with E-state index < -0.39 is 33.7 Å². The second kappa shape index (κ2) is 15.7. The number of unbranched alkanes of at least 4 members (excludes halogenated alkanes) is 5. The van der Waals surface area contributed by atoms with Gasteiger partial charge in [-0.15, -0.1) is 0 Å². The number of carbonyl (C=O) groups is 2. The number of hydrogen-bond acceptors (Lipinski definition) is 5. The summed E-state index contributed by atoms with van der Waals surface area (Å²) in [6, 6.07) is 0. The molecule has 0 heterocycles. The summed E-state index contributed by atoms with van der Waals surface area (Å²) in [5, 5.41) is 13.9. The van der Waals surface area contributed by atoms with Gasteiger partial charge in [-0.25, -0.2) is 0 Å². The smallest absolute Gasteiger partial charge is 0.325 e. The molecule has 0 bridgehead atoms. The monoisotopic (exact) mass is 394 g/mol. The Morgan fingerprint density at radius 1 is 1.08 bits per heavy atom. The topological polar surface area (TPSA) is 138 Å². The van der Waals surface area contributed by atoms with E-state index in [1.54, 1.807) is 0 Å². The van der Waals surface area contributed by atoms with Gasteiger partial charge < -0.3 is 10.2 Å². The molecule has 0 aromatic carbocycles. The van der Waals surface area contributed by atoms with Crippen molar-refractivity contribution in [3.63, 3.8) is 0 Å². The Morgan fingerprint density at radius 2 is 1.58 bits per heavy atom. The van der Waals surface area contributed by atoms with Crippen LogP contribution in [0.5, 0.6) is 0 Å². The minimum atomic E-state index is -4.84. The van der Waals surface area contributed by atoms with Crippen LogP contribution in [0.3, 0.4) is 0 Å². The fourth-order valence-electron chi connectivity index (χ4n) is 1.68. The van der Waals surface area contributed by atoms with Gasteiger partial charge in [0.1, 0.15) is 0 Å². The van der Waals surface area contributed by atoms with E-state index in [2.05, 4.69) is 13.8 Å². The Kier molecular flexibility index (Phi) is 17.4. The van der Waals surface area contributed by atoms with Crippen molar-refractivity contribution in [3.05, 3.63) is 0 Å². The van der Waals surface area contributed by atoms with Crippen LogP contribution in [0.1, 0.15) is 58.8 Å². The Hall–Kier alpha value is 0.446. The number of ether oxygens (including phenoxy) is 1. The molecule has 0 aliphatic carbocycles. The van der Waals surface area contributed by atoms with Crippen molar-refractivity contribution in [1.29, 1.82) is 0 Å². The molecule has 0 radical (unpaired) electrons. The largest absolute Gasteiger partial charge is 0.481 e. The van der Waals surface area contributed by atoms with Crippen LogP contribution in [-0.2, 0) is 24.4 Å². The van der Waals surface area contributed by atoms with Gasteiger partial charge in [-0.2, -0.15) is 8.42 Å². The van der Waals surface area contributed by atoms with Gasteiger partial charge in [0.15, 0.2) is 5.25 Å². The predicted octanol–water partition coefficient (Wildman–Crippen LogP) is 1.68. The normalized spacial score (nSPS) is 13.5. The zero-order valence-corrected chi connectivity index (χ0v) is 18.5. The molecule has 0 saturated heterocycles. The molecule has 2 atom stereocenters. The summed E-state index contributed by atoms with van der Waals surface area (Å²) >= 11 is 0.842. The number of hydrogen-bond donors (Lipinski definition) is 3. The quantitative estimate of drug-likeness (QED) is 0.258. The maximum Gasteiger partial charge on any atom is 0.325 e. The maximum atomic E-state index is 10.2. The third-order valence-corrected chi connectivity index (χ3v) is 4.55. The van der Waals surface area contributed by atoms with E-state index in [0.29, 0.717) is 0.199 Å². The third kappa shape index (κ3) is 18.8. The van der Waals surface area contributed by atoms with Crippen LogP contribution in [0.15, 0.2) is 0 Å². The number of rotatable bonds is 12. The maximum absolute atomic E-state index is 10.2. The molecule has 138 valence electrons. The van der Waals surface area contributed by atoms with Crippen molar-refractivity contribution in [2.75, 3.05) is 6.61 Å². The van der Waals surface area contributed by atoms with Gasteiger partial charge in [0.2, 0.25) is 0 Å². The molecule has 0 aliphatic rings. The first-order valence-corrected chi connectivity index (χ1v) is 11.4. The van der Waals surface area contributed by atoms with Crippen LogP contribution in [-0.4, -0.2) is 96.1 Å². The zero-order chi connectivity index (χ0) is 19.2. The molecule has 0 amide bonds. The van der Waals surface area contributed by atoms with Crippen LogP contribution in [0.25, 0.3) is 0 Å². The van der Waals surface area contributed by atoms with Crippen molar-refractivity contribution in [1.82, 2.24) is 0 Å². The average Bonchev–Trinajstić information content (AvgIpc) is 2.42. The van der Waals surface area contributed by atoms with Crippen LogP contribution >= 0.6 is 0 Å². The minimum absolute atomic E-state index is 0.591. The third-order valence-electron chi connectivity index (χ3n) is 2.94. The molecule has 8 nitrogen and oxygen atoms in total. The predicted molar refractivity (Wildman–Crippen MR) is 89.8 cm³/mol. The molecule has 3 N–H and O–H groups in total. The van der Waals surface area contributed by atoms with Crippen LogP contribution < -0.4 is 0 Å². The van der Waals surface area contributed by atoms with Crippen molar-refractivity contribution in [3.8, 4) is 0 Å². The Morgan fingerprint density at radius 3 is 1.92 bits per heavy atom. The fourth-order valence-corrected chi connectivity index (χ4v) is 2.66. The number of carboxylic acid groups (broad SMARTS) is 2. The van der Waals surface area contributed by atoms with Gasteiger partial charge in [0.25, 0.3) is 10.1 Å². The second-order valence-electron chi connectivity index (χ2n) is 5.63. The van der Waals surface area contributed by atoms with Gasteiger partial charge >= 0.3 is 125 Å². The van der Waals surface area contributed by atoms with Crippen molar-refractivity contribution < 1.29 is 37.5 Å². The van der Waals surface area contributed by atoms with Crippen LogP contribution in [0.4, 0.5) is 0 Å². The van der Waals surface area contributed by atoms with Crippen molar-refractivity contribution in [2.24, 2.45) is 0 Å². The summed E-state index contributed by atoms with van der Waals surface area (Å²) in [4.78, 5) is 20.0. The van der Waals surface area contributed by atoms with E-state index >= 15 is 0 Å². The second-order valence-corrected chi connectivity index (χ2v) is 9.77. The summed E-state index contributed by atoms with van der Waals surface area (Å²) in [6.07, 6.45) is 7.03. The Labute approximate surface area is 177 Å². The van der Waals surface area contributed by atoms with E-state index in [0.717, 1.165) is 55.6 Å². The molecule has 0 spiro atoms. The SMILES string of the molecule is CCCCCCCCO[CH](C)[K].O=C(O)CC(C(=O)O)S(=O)(=O)O. The molecule has 24 heavy (non-hydrogen) atoms. The fraction of sp³-hybridized carbons (Fsp3) is 0.857. The summed E-state index contributed by atoms with van der Waals surface area (Å²) in [5.74, 6) is -3.50. The van der Waals surface area contributed by atoms with Gasteiger partial charge in [0.05, 0.1) is 6.42 Å². The molecule has 0 aromatic heterocycles. The summed E-state index contributed by atoms with van der Waals surface area (Å²) in [7, 11) is -4.84. The summed E-state index contributed by atoms with van der Waals surface area (Å²) in [5.41, 5.74) is 0. The number of aliphatic carboxylic acids is 2. The molecular weight excluding hydrogens is 367 g/mol. The van der Waals surface area contributed by atoms with Gasteiger partial charge in [-0.1, -0.05) is 0 Å². The van der Waals surface area contributed by atoms with Crippen LogP contribution in [0, 0.1) is 0 Å². The van der Waals surface area contributed by atoms with E-state index in [1.807, 2.05) is 0 Å². The van der Waals surface area contributed by atoms with Crippen molar-refractivity contribution in [2.45, 2.75) is 64.2 Å². The molecular formula is C14H27KO8S. The number of carboxylic acids is 2. The molecule has 0 rings (SSSR count). The van der Waals surface area contributed by atoms with E-state index in [4.69, 9.17) is 19.5 Å². The van der Waals surface area contributed by atoms with E-state index in [-0.39, 0.29) is 0 Å². The first-order chi connectivity index (χ1) is 11.0. The van der Waals surface area contributed by atoms with Gasteiger partial charge in [-0.05, 0) is 0 Å². The molecule has 0 aliphatic heterocycles. The zero-order valence-electron chi connectivity index (χ0n) is 14.6. The van der Waals surface area contributed by atoms with Gasteiger partial charge in [-0.3, -0.25) is 14.1 Å². The Balaban J connectivity index is 0. The molecule has 2 unspecified atom stereocenters. The molecule has 0 aromatic rings. The Bertz CT molecular complexity index is 450. The van der Waals surface area contributed by atoms with Crippen molar-refractivity contribution >= 4 is 71.0 Å². The van der Waals surface area contributed by atoms with Crippen LogP contribution in [0.2, 0.25) is 0 Å². The molecule has 10 heteroatoms. The van der Waals surface area contributed by atoms with E-state index in [1.165, 1.54) is 38.5 Å². The minimum Gasteiger partial charge on any atom is -0.481 e. The first-order valence-electron chi connectivity index (χ1n) is 8.04. The van der Waals surface area contributed by atoms with E-state index in [9.17, 15) is 18.0 Å². The average molecular weight is 395 g/mol. The molecule has 0 saturated carbocycles. The molecule has 0 fully saturated rings.